The van der Waals surface area contributed by atoms with Crippen molar-refractivity contribution in [3.8, 4) is 0 Å². The van der Waals surface area contributed by atoms with Gasteiger partial charge < -0.3 is 11.1 Å². The molecule has 15 heavy (non-hydrogen) atoms. The van der Waals surface area contributed by atoms with Gasteiger partial charge in [0.2, 0.25) is 5.95 Å². The Morgan fingerprint density at radius 2 is 2.33 bits per heavy atom. The van der Waals surface area contributed by atoms with Crippen molar-refractivity contribution in [2.24, 2.45) is 0 Å². The molecule has 0 amide bonds. The average molecular weight is 286 g/mol. The van der Waals surface area contributed by atoms with Crippen LogP contribution in [0.25, 0.3) is 0 Å². The summed E-state index contributed by atoms with van der Waals surface area (Å²) in [5.74, 6) is 0.925. The van der Waals surface area contributed by atoms with Crippen molar-refractivity contribution in [3.63, 3.8) is 0 Å². The molecular weight excluding hydrogens is 278 g/mol. The second-order valence-electron chi connectivity index (χ2n) is 2.76. The van der Waals surface area contributed by atoms with Gasteiger partial charge in [-0.3, -0.25) is 0 Å². The van der Waals surface area contributed by atoms with Gasteiger partial charge in [0.05, 0.1) is 22.2 Å². The summed E-state index contributed by atoms with van der Waals surface area (Å²) in [5.41, 5.74) is 8.25. The maximum atomic E-state index is 5.48. The molecule has 0 aromatic carbocycles. The van der Waals surface area contributed by atoms with Gasteiger partial charge in [-0.05, 0) is 15.9 Å². The minimum absolute atomic E-state index is 0.249. The van der Waals surface area contributed by atoms with Crippen LogP contribution in [0.5, 0.6) is 0 Å². The largest absolute Gasteiger partial charge is 0.368 e. The number of rotatable bonds is 3. The highest BCUT2D eigenvalue weighted by molar-refractivity contribution is 9.10. The first-order chi connectivity index (χ1) is 7.25. The lowest BCUT2D eigenvalue weighted by Crippen LogP contribution is -2.05. The van der Waals surface area contributed by atoms with Gasteiger partial charge in [-0.1, -0.05) is 0 Å². The van der Waals surface area contributed by atoms with Gasteiger partial charge in [0.25, 0.3) is 0 Å². The van der Waals surface area contributed by atoms with E-state index >= 15 is 0 Å². The molecule has 0 aliphatic carbocycles. The van der Waals surface area contributed by atoms with Gasteiger partial charge in [0, 0.05) is 11.6 Å². The molecule has 0 aliphatic heterocycles. The van der Waals surface area contributed by atoms with E-state index < -0.39 is 0 Å². The molecule has 0 saturated carbocycles. The summed E-state index contributed by atoms with van der Waals surface area (Å²) in [4.78, 5) is 12.1. The predicted octanol–water partition coefficient (Wildman–Crippen LogP) is 1.89. The van der Waals surface area contributed by atoms with Gasteiger partial charge in [-0.15, -0.1) is 11.3 Å². The van der Waals surface area contributed by atoms with Crippen LogP contribution >= 0.6 is 27.3 Å². The molecule has 0 unspecified atom stereocenters. The zero-order valence-corrected chi connectivity index (χ0v) is 10.0. The number of nitrogens with one attached hydrogen (secondary N) is 1. The van der Waals surface area contributed by atoms with E-state index in [9.17, 15) is 0 Å². The normalized spacial score (nSPS) is 10.2. The van der Waals surface area contributed by atoms with E-state index in [0.717, 1.165) is 10.2 Å². The summed E-state index contributed by atoms with van der Waals surface area (Å²) in [6.45, 7) is 0.624. The lowest BCUT2D eigenvalue weighted by atomic mass is 10.4. The number of hydrogen-bond donors (Lipinski definition) is 2. The standard InChI is InChI=1S/C8H8BrN5S/c9-6-2-12-8(10)14-7(6)11-1-5-3-15-4-13-5/h2-4H,1H2,(H3,10,11,12,14). The maximum absolute atomic E-state index is 5.48. The first-order valence-electron chi connectivity index (χ1n) is 4.14. The number of nitrogen functional groups attached to an aromatic ring is 1. The predicted molar refractivity (Wildman–Crippen MR) is 63.6 cm³/mol. The Balaban J connectivity index is 2.07. The van der Waals surface area contributed by atoms with Gasteiger partial charge in [-0.2, -0.15) is 4.98 Å². The third kappa shape index (κ3) is 2.63. The quantitative estimate of drug-likeness (QED) is 0.901. The number of nitrogens with two attached hydrogens (primary N) is 1. The smallest absolute Gasteiger partial charge is 0.221 e. The van der Waals surface area contributed by atoms with Crippen LogP contribution in [-0.4, -0.2) is 15.0 Å². The molecule has 0 fully saturated rings. The van der Waals surface area contributed by atoms with Gasteiger partial charge in [0.15, 0.2) is 0 Å². The SMILES string of the molecule is Nc1ncc(Br)c(NCc2cscn2)n1. The molecule has 0 spiro atoms. The van der Waals surface area contributed by atoms with Crippen molar-refractivity contribution < 1.29 is 0 Å². The van der Waals surface area contributed by atoms with E-state index in [4.69, 9.17) is 5.73 Å². The van der Waals surface area contributed by atoms with E-state index in [1.165, 1.54) is 0 Å². The second-order valence-corrected chi connectivity index (χ2v) is 4.33. The van der Waals surface area contributed by atoms with Crippen molar-refractivity contribution in [3.05, 3.63) is 27.3 Å². The molecule has 78 valence electrons. The molecule has 5 nitrogen and oxygen atoms in total. The molecule has 2 heterocycles. The fraction of sp³-hybridized carbons (Fsp3) is 0.125. The first kappa shape index (κ1) is 10.3. The Bertz CT molecular complexity index is 444. The molecule has 0 radical (unpaired) electrons. The van der Waals surface area contributed by atoms with Gasteiger partial charge in [-0.25, -0.2) is 9.97 Å². The molecule has 2 aromatic rings. The minimum atomic E-state index is 0.249. The van der Waals surface area contributed by atoms with Crippen molar-refractivity contribution in [2.45, 2.75) is 6.54 Å². The fourth-order valence-electron chi connectivity index (χ4n) is 1.00. The lowest BCUT2D eigenvalue weighted by molar-refractivity contribution is 1.04. The van der Waals surface area contributed by atoms with Crippen LogP contribution in [0.15, 0.2) is 21.6 Å². The van der Waals surface area contributed by atoms with E-state index in [1.54, 1.807) is 23.0 Å². The highest BCUT2D eigenvalue weighted by atomic mass is 79.9. The molecule has 0 aliphatic rings. The average Bonchev–Trinajstić information content (AvgIpc) is 2.72. The molecule has 0 atom stereocenters. The molecule has 0 bridgehead atoms. The lowest BCUT2D eigenvalue weighted by Gasteiger charge is -2.05. The Kier molecular flexibility index (Phi) is 3.12. The Labute approximate surface area is 98.9 Å². The molecule has 2 rings (SSSR count). The monoisotopic (exact) mass is 285 g/mol. The molecule has 3 N–H and O–H groups in total. The van der Waals surface area contributed by atoms with Crippen LogP contribution in [-0.2, 0) is 6.54 Å². The number of aromatic nitrogens is 3. The fourth-order valence-corrected chi connectivity index (χ4v) is 1.89. The molecule has 7 heteroatoms. The Morgan fingerprint density at radius 1 is 1.47 bits per heavy atom. The molecular formula is C8H8BrN5S. The third-order valence-electron chi connectivity index (χ3n) is 1.68. The second kappa shape index (κ2) is 4.54. The van der Waals surface area contributed by atoms with E-state index in [-0.39, 0.29) is 5.95 Å². The van der Waals surface area contributed by atoms with Crippen LogP contribution in [0.2, 0.25) is 0 Å². The van der Waals surface area contributed by atoms with E-state index in [0.29, 0.717) is 12.4 Å². The topological polar surface area (TPSA) is 76.7 Å². The highest BCUT2D eigenvalue weighted by Crippen LogP contribution is 2.19. The first-order valence-corrected chi connectivity index (χ1v) is 5.88. The molecule has 2 aromatic heterocycles. The van der Waals surface area contributed by atoms with Crippen molar-refractivity contribution in [1.29, 1.82) is 0 Å². The Hall–Kier alpha value is -1.21. The maximum Gasteiger partial charge on any atom is 0.221 e. The van der Waals surface area contributed by atoms with Crippen molar-refractivity contribution in [1.82, 2.24) is 15.0 Å². The number of nitrogens with zero attached hydrogens (tertiary/aromatic N) is 3. The highest BCUT2D eigenvalue weighted by Gasteiger charge is 2.03. The summed E-state index contributed by atoms with van der Waals surface area (Å²) >= 11 is 4.90. The number of halogens is 1. The van der Waals surface area contributed by atoms with Gasteiger partial charge >= 0.3 is 0 Å². The number of hydrogen-bond acceptors (Lipinski definition) is 6. The van der Waals surface area contributed by atoms with E-state index in [1.807, 2.05) is 5.38 Å². The summed E-state index contributed by atoms with van der Waals surface area (Å²) in [5, 5.41) is 5.10. The third-order valence-corrected chi connectivity index (χ3v) is 2.90. The zero-order valence-electron chi connectivity index (χ0n) is 7.64. The summed E-state index contributed by atoms with van der Waals surface area (Å²) < 4.78 is 0.784. The Morgan fingerprint density at radius 3 is 3.07 bits per heavy atom. The van der Waals surface area contributed by atoms with Crippen LogP contribution in [0.4, 0.5) is 11.8 Å². The molecule has 0 saturated heterocycles. The van der Waals surface area contributed by atoms with Crippen LogP contribution < -0.4 is 11.1 Å². The van der Waals surface area contributed by atoms with Crippen LogP contribution in [0.3, 0.4) is 0 Å². The van der Waals surface area contributed by atoms with Gasteiger partial charge in [0.1, 0.15) is 5.82 Å². The summed E-state index contributed by atoms with van der Waals surface area (Å²) in [6, 6.07) is 0. The van der Waals surface area contributed by atoms with Crippen molar-refractivity contribution in [2.75, 3.05) is 11.1 Å². The van der Waals surface area contributed by atoms with Crippen molar-refractivity contribution >= 4 is 39.0 Å². The summed E-state index contributed by atoms with van der Waals surface area (Å²) in [7, 11) is 0. The van der Waals surface area contributed by atoms with E-state index in [2.05, 4.69) is 36.2 Å². The van der Waals surface area contributed by atoms with Crippen LogP contribution in [0.1, 0.15) is 5.69 Å². The number of anilines is 2. The number of thiazole rings is 1. The van der Waals surface area contributed by atoms with Crippen LogP contribution in [0, 0.1) is 0 Å². The minimum Gasteiger partial charge on any atom is -0.368 e. The zero-order chi connectivity index (χ0) is 10.7. The summed E-state index contributed by atoms with van der Waals surface area (Å²) in [6.07, 6.45) is 1.62.